The van der Waals surface area contributed by atoms with Crippen molar-refractivity contribution in [3.63, 3.8) is 0 Å². The van der Waals surface area contributed by atoms with Crippen molar-refractivity contribution in [1.29, 1.82) is 0 Å². The van der Waals surface area contributed by atoms with E-state index in [1.807, 2.05) is 31.4 Å². The van der Waals surface area contributed by atoms with Crippen LogP contribution in [0, 0.1) is 13.8 Å². The van der Waals surface area contributed by atoms with E-state index < -0.39 is 0 Å². The molecule has 0 spiro atoms. The Labute approximate surface area is 185 Å². The summed E-state index contributed by atoms with van der Waals surface area (Å²) in [5, 5.41) is 13.6. The predicted molar refractivity (Wildman–Crippen MR) is 121 cm³/mol. The van der Waals surface area contributed by atoms with Gasteiger partial charge in [-0.3, -0.25) is 4.79 Å². The van der Waals surface area contributed by atoms with Gasteiger partial charge in [0.25, 0.3) is 0 Å². The molecular formula is C21H27N5O2S2. The number of hydrogen-bond donors (Lipinski definition) is 2. The molecule has 0 aliphatic carbocycles. The third-order valence-corrected chi connectivity index (χ3v) is 6.60. The van der Waals surface area contributed by atoms with Gasteiger partial charge in [-0.25, -0.2) is 4.68 Å². The second-order valence-corrected chi connectivity index (χ2v) is 9.29. The van der Waals surface area contributed by atoms with Gasteiger partial charge in [0.1, 0.15) is 12.4 Å². The molecule has 2 heterocycles. The van der Waals surface area contributed by atoms with E-state index in [2.05, 4.69) is 41.5 Å². The van der Waals surface area contributed by atoms with Gasteiger partial charge in [-0.2, -0.15) is 0 Å². The molecule has 0 saturated carbocycles. The maximum absolute atomic E-state index is 12.1. The number of carbonyl (C=O) groups excluding carboxylic acids is 1. The van der Waals surface area contributed by atoms with Crippen molar-refractivity contribution >= 4 is 29.0 Å². The minimum atomic E-state index is -0.0741. The molecule has 7 nitrogen and oxygen atoms in total. The first-order chi connectivity index (χ1) is 14.3. The fourth-order valence-electron chi connectivity index (χ4n) is 2.84. The Morgan fingerprint density at radius 2 is 2.10 bits per heavy atom. The van der Waals surface area contributed by atoms with Gasteiger partial charge in [-0.15, -0.1) is 21.5 Å². The number of ether oxygens (including phenoxy) is 1. The summed E-state index contributed by atoms with van der Waals surface area (Å²) in [5.41, 5.74) is 3.45. The van der Waals surface area contributed by atoms with E-state index in [-0.39, 0.29) is 18.3 Å². The second kappa shape index (κ2) is 9.99. The number of benzene rings is 1. The molecule has 3 rings (SSSR count). The minimum absolute atomic E-state index is 0.0741. The monoisotopic (exact) mass is 445 g/mol. The van der Waals surface area contributed by atoms with Crippen molar-refractivity contribution in [3.05, 3.63) is 57.0 Å². The normalized spacial score (nSPS) is 11.1. The number of aromatic nitrogens is 3. The van der Waals surface area contributed by atoms with Gasteiger partial charge in [0, 0.05) is 4.88 Å². The topological polar surface area (TPSA) is 95.1 Å². The zero-order valence-electron chi connectivity index (χ0n) is 17.6. The van der Waals surface area contributed by atoms with Gasteiger partial charge in [0.2, 0.25) is 11.1 Å². The molecule has 3 N–H and O–H groups in total. The molecular weight excluding hydrogens is 418 g/mol. The van der Waals surface area contributed by atoms with Crippen molar-refractivity contribution in [2.24, 2.45) is 0 Å². The highest BCUT2D eigenvalue weighted by atomic mass is 32.2. The molecule has 2 aromatic heterocycles. The van der Waals surface area contributed by atoms with Crippen molar-refractivity contribution < 1.29 is 9.53 Å². The van der Waals surface area contributed by atoms with Crippen LogP contribution in [0.15, 0.2) is 34.8 Å². The average Bonchev–Trinajstić information content (AvgIpc) is 3.28. The molecule has 0 aliphatic rings. The molecule has 0 atom stereocenters. The van der Waals surface area contributed by atoms with E-state index in [4.69, 9.17) is 10.6 Å². The first-order valence-electron chi connectivity index (χ1n) is 9.70. The maximum atomic E-state index is 12.1. The Hall–Kier alpha value is -2.52. The van der Waals surface area contributed by atoms with Crippen LogP contribution < -0.4 is 15.9 Å². The van der Waals surface area contributed by atoms with Crippen LogP contribution in [-0.4, -0.2) is 26.5 Å². The van der Waals surface area contributed by atoms with Crippen LogP contribution in [0.5, 0.6) is 5.75 Å². The number of nitrogens with two attached hydrogens (primary N) is 1. The molecule has 0 fully saturated rings. The van der Waals surface area contributed by atoms with E-state index >= 15 is 0 Å². The van der Waals surface area contributed by atoms with Gasteiger partial charge in [0.05, 0.1) is 12.3 Å². The van der Waals surface area contributed by atoms with Gasteiger partial charge in [-0.05, 0) is 54.0 Å². The highest BCUT2D eigenvalue weighted by Gasteiger charge is 2.15. The number of amides is 1. The van der Waals surface area contributed by atoms with E-state index in [9.17, 15) is 4.79 Å². The smallest absolute Gasteiger partial charge is 0.230 e. The van der Waals surface area contributed by atoms with Crippen LogP contribution in [0.4, 0.5) is 0 Å². The predicted octanol–water partition coefficient (Wildman–Crippen LogP) is 3.78. The summed E-state index contributed by atoms with van der Waals surface area (Å²) in [7, 11) is 0. The Morgan fingerprint density at radius 1 is 1.30 bits per heavy atom. The fraction of sp³-hybridized carbons (Fsp3) is 0.381. The summed E-state index contributed by atoms with van der Waals surface area (Å²) in [4.78, 5) is 13.3. The lowest BCUT2D eigenvalue weighted by molar-refractivity contribution is -0.118. The zero-order valence-corrected chi connectivity index (χ0v) is 19.3. The molecule has 0 radical (unpaired) electrons. The Morgan fingerprint density at radius 3 is 2.80 bits per heavy atom. The first kappa shape index (κ1) is 22.2. The number of nitrogens with one attached hydrogen (secondary N) is 1. The molecule has 0 aliphatic heterocycles. The van der Waals surface area contributed by atoms with E-state index in [0.29, 0.717) is 23.4 Å². The quantitative estimate of drug-likeness (QED) is 0.384. The van der Waals surface area contributed by atoms with E-state index in [1.165, 1.54) is 22.0 Å². The van der Waals surface area contributed by atoms with Crippen LogP contribution in [-0.2, 0) is 17.9 Å². The summed E-state index contributed by atoms with van der Waals surface area (Å²) >= 11 is 2.89. The molecule has 1 aromatic carbocycles. The summed E-state index contributed by atoms with van der Waals surface area (Å²) in [6.45, 7) is 9.06. The number of thiophene rings is 1. The van der Waals surface area contributed by atoms with Crippen LogP contribution >= 0.6 is 23.1 Å². The molecule has 3 aromatic rings. The molecule has 0 saturated heterocycles. The van der Waals surface area contributed by atoms with Crippen LogP contribution in [0.2, 0.25) is 0 Å². The van der Waals surface area contributed by atoms with Crippen LogP contribution in [0.25, 0.3) is 0 Å². The first-order valence-corrected chi connectivity index (χ1v) is 11.6. The van der Waals surface area contributed by atoms with Crippen molar-refractivity contribution in [1.82, 2.24) is 20.2 Å². The highest BCUT2D eigenvalue weighted by Crippen LogP contribution is 2.28. The number of carbonyl (C=O) groups is 1. The van der Waals surface area contributed by atoms with E-state index in [0.717, 1.165) is 21.8 Å². The van der Waals surface area contributed by atoms with E-state index in [1.54, 1.807) is 11.3 Å². The molecule has 30 heavy (non-hydrogen) atoms. The SMILES string of the molecule is Cc1ccc(C(C)C)c(OCc2nnc(SCC(=O)NCc3sccc3C)n2N)c1. The van der Waals surface area contributed by atoms with Crippen molar-refractivity contribution in [3.8, 4) is 5.75 Å². The standard InChI is InChI=1S/C21H27N5O2S2/c1-13(2)16-6-5-14(3)9-17(16)28-11-19-24-25-21(26(19)22)30-12-20(27)23-10-18-15(4)7-8-29-18/h5-9,13H,10-12,22H2,1-4H3,(H,23,27). The number of rotatable bonds is 9. The van der Waals surface area contributed by atoms with Crippen molar-refractivity contribution in [2.45, 2.75) is 51.9 Å². The number of nitrogens with zero attached hydrogens (tertiary/aromatic N) is 3. The minimum Gasteiger partial charge on any atom is -0.485 e. The van der Waals surface area contributed by atoms with Crippen LogP contribution in [0.3, 0.4) is 0 Å². The molecule has 0 unspecified atom stereocenters. The number of hydrogen-bond acceptors (Lipinski definition) is 7. The summed E-state index contributed by atoms with van der Waals surface area (Å²) in [6.07, 6.45) is 0. The van der Waals surface area contributed by atoms with Gasteiger partial charge < -0.3 is 15.9 Å². The number of thioether (sulfide) groups is 1. The second-order valence-electron chi connectivity index (χ2n) is 7.35. The third kappa shape index (κ3) is 5.54. The molecule has 160 valence electrons. The third-order valence-electron chi connectivity index (χ3n) is 4.63. The molecule has 9 heteroatoms. The zero-order chi connectivity index (χ0) is 21.7. The summed E-state index contributed by atoms with van der Waals surface area (Å²) in [5.74, 6) is 7.93. The van der Waals surface area contributed by atoms with Crippen molar-refractivity contribution in [2.75, 3.05) is 11.6 Å². The average molecular weight is 446 g/mol. The Kier molecular flexibility index (Phi) is 7.38. The van der Waals surface area contributed by atoms with Gasteiger partial charge >= 0.3 is 0 Å². The lowest BCUT2D eigenvalue weighted by Gasteiger charge is -2.14. The highest BCUT2D eigenvalue weighted by molar-refractivity contribution is 7.99. The van der Waals surface area contributed by atoms with Gasteiger partial charge in [0.15, 0.2) is 5.82 Å². The Bertz CT molecular complexity index is 1010. The molecule has 0 bridgehead atoms. The van der Waals surface area contributed by atoms with Crippen LogP contribution in [0.1, 0.15) is 47.2 Å². The largest absolute Gasteiger partial charge is 0.485 e. The lowest BCUT2D eigenvalue weighted by atomic mass is 10.0. The maximum Gasteiger partial charge on any atom is 0.230 e. The fourth-order valence-corrected chi connectivity index (χ4v) is 4.39. The summed E-state index contributed by atoms with van der Waals surface area (Å²) < 4.78 is 7.37. The molecule has 1 amide bonds. The number of nitrogen functional groups attached to an aromatic ring is 1. The summed E-state index contributed by atoms with van der Waals surface area (Å²) in [6, 6.07) is 8.22. The van der Waals surface area contributed by atoms with Gasteiger partial charge in [-0.1, -0.05) is 37.7 Å². The Balaban J connectivity index is 1.54. The number of aryl methyl sites for hydroxylation is 2. The lowest BCUT2D eigenvalue weighted by Crippen LogP contribution is -2.25.